The molecule has 0 aromatic carbocycles. The van der Waals surface area contributed by atoms with Crippen LogP contribution in [0.3, 0.4) is 0 Å². The molecular weight excluding hydrogens is 328 g/mol. The van der Waals surface area contributed by atoms with Gasteiger partial charge in [-0.2, -0.15) is 0 Å². The Morgan fingerprint density at radius 3 is 1.63 bits per heavy atom. The molecule has 0 radical (unpaired) electrons. The molecule has 0 aromatic heterocycles. The molecule has 160 valence electrons. The lowest BCUT2D eigenvalue weighted by Crippen LogP contribution is -2.57. The monoisotopic (exact) mass is 378 g/mol. The Kier molecular flexibility index (Phi) is 10.8. The number of rotatable bonds is 16. The first kappa shape index (κ1) is 23.2. The summed E-state index contributed by atoms with van der Waals surface area (Å²) >= 11 is 0. The number of ether oxygens (including phenoxy) is 1. The first-order valence-corrected chi connectivity index (χ1v) is 12.7. The van der Waals surface area contributed by atoms with Gasteiger partial charge in [0, 0.05) is 6.61 Å². The average molecular weight is 379 g/mol. The van der Waals surface area contributed by atoms with E-state index in [1.807, 2.05) is 0 Å². The van der Waals surface area contributed by atoms with Gasteiger partial charge < -0.3 is 4.74 Å². The van der Waals surface area contributed by atoms with E-state index in [9.17, 15) is 0 Å². The van der Waals surface area contributed by atoms with Gasteiger partial charge in [0.05, 0.1) is 6.10 Å². The molecule has 3 rings (SSSR count). The minimum absolute atomic E-state index is 0.559. The third-order valence-corrected chi connectivity index (χ3v) is 8.11. The smallest absolute Gasteiger partial charge is 0.0606 e. The predicted octanol–water partition coefficient (Wildman–Crippen LogP) is 8.56. The van der Waals surface area contributed by atoms with Crippen molar-refractivity contribution in [3.05, 3.63) is 0 Å². The molecule has 0 unspecified atom stereocenters. The molecule has 3 fully saturated rings. The van der Waals surface area contributed by atoms with Gasteiger partial charge in [-0.1, -0.05) is 111 Å². The molecule has 27 heavy (non-hydrogen) atoms. The van der Waals surface area contributed by atoms with Crippen molar-refractivity contribution in [3.63, 3.8) is 0 Å². The molecule has 2 bridgehead atoms. The van der Waals surface area contributed by atoms with Crippen molar-refractivity contribution in [2.45, 2.75) is 137 Å². The van der Waals surface area contributed by atoms with Crippen LogP contribution >= 0.6 is 0 Å². The molecule has 0 amide bonds. The summed E-state index contributed by atoms with van der Waals surface area (Å²) in [5, 5.41) is 0. The molecule has 3 saturated carbocycles. The summed E-state index contributed by atoms with van der Waals surface area (Å²) in [6.07, 6.45) is 23.4. The topological polar surface area (TPSA) is 9.23 Å². The van der Waals surface area contributed by atoms with E-state index in [-0.39, 0.29) is 0 Å². The van der Waals surface area contributed by atoms with Crippen LogP contribution in [0.25, 0.3) is 0 Å². The standard InChI is InChI=1S/C26H50O/c1-5-6-7-8-9-10-11-12-13-14-15-16-17-18-19-27-25-21-23-20-24(22(25)2)26(23,3)4/h22-25H,5-21H2,1-4H3/t22-,23+,24-,25-/m1/s1. The van der Waals surface area contributed by atoms with Crippen LogP contribution in [0.1, 0.15) is 130 Å². The highest BCUT2D eigenvalue weighted by atomic mass is 16.5. The van der Waals surface area contributed by atoms with Crippen molar-refractivity contribution in [3.8, 4) is 0 Å². The highest BCUT2D eigenvalue weighted by Crippen LogP contribution is 2.61. The van der Waals surface area contributed by atoms with E-state index in [1.54, 1.807) is 0 Å². The van der Waals surface area contributed by atoms with Crippen molar-refractivity contribution < 1.29 is 4.74 Å². The van der Waals surface area contributed by atoms with Crippen molar-refractivity contribution >= 4 is 0 Å². The second-order valence-corrected chi connectivity index (χ2v) is 10.5. The zero-order valence-corrected chi connectivity index (χ0v) is 19.2. The van der Waals surface area contributed by atoms with Crippen molar-refractivity contribution in [2.75, 3.05) is 6.61 Å². The average Bonchev–Trinajstić information content (AvgIpc) is 2.65. The van der Waals surface area contributed by atoms with Gasteiger partial charge >= 0.3 is 0 Å². The van der Waals surface area contributed by atoms with E-state index in [4.69, 9.17) is 4.74 Å². The third kappa shape index (κ3) is 7.37. The summed E-state index contributed by atoms with van der Waals surface area (Å²) in [5.74, 6) is 2.62. The number of hydrogen-bond acceptors (Lipinski definition) is 1. The van der Waals surface area contributed by atoms with Crippen molar-refractivity contribution in [2.24, 2.45) is 23.2 Å². The molecule has 0 aromatic rings. The molecule has 0 spiro atoms. The normalized spacial score (nSPS) is 28.9. The molecule has 0 heterocycles. The second kappa shape index (κ2) is 12.5. The van der Waals surface area contributed by atoms with E-state index in [1.165, 1.54) is 103 Å². The Labute approximate surface area is 171 Å². The van der Waals surface area contributed by atoms with Crippen LogP contribution in [0.5, 0.6) is 0 Å². The molecule has 1 heteroatoms. The maximum atomic E-state index is 6.30. The van der Waals surface area contributed by atoms with Gasteiger partial charge in [-0.15, -0.1) is 0 Å². The van der Waals surface area contributed by atoms with Gasteiger partial charge in [0.25, 0.3) is 0 Å². The van der Waals surface area contributed by atoms with Gasteiger partial charge in [-0.3, -0.25) is 0 Å². The molecule has 0 saturated heterocycles. The highest BCUT2D eigenvalue weighted by molar-refractivity contribution is 5.05. The minimum Gasteiger partial charge on any atom is -0.378 e. The Balaban J connectivity index is 1.32. The van der Waals surface area contributed by atoms with Crippen LogP contribution in [0, 0.1) is 23.2 Å². The van der Waals surface area contributed by atoms with Gasteiger partial charge in [0.2, 0.25) is 0 Å². The van der Waals surface area contributed by atoms with E-state index < -0.39 is 0 Å². The Bertz CT molecular complexity index is 374. The van der Waals surface area contributed by atoms with Crippen LogP contribution in [-0.2, 0) is 4.74 Å². The fourth-order valence-electron chi connectivity index (χ4n) is 5.85. The minimum atomic E-state index is 0.559. The van der Waals surface area contributed by atoms with E-state index in [2.05, 4.69) is 27.7 Å². The molecular formula is C26H50O. The maximum absolute atomic E-state index is 6.30. The molecule has 0 N–H and O–H groups in total. The fourth-order valence-corrected chi connectivity index (χ4v) is 5.85. The zero-order valence-electron chi connectivity index (χ0n) is 19.2. The van der Waals surface area contributed by atoms with E-state index in [0.29, 0.717) is 11.5 Å². The van der Waals surface area contributed by atoms with Crippen LogP contribution in [-0.4, -0.2) is 12.7 Å². The van der Waals surface area contributed by atoms with Crippen molar-refractivity contribution in [1.29, 1.82) is 0 Å². The van der Waals surface area contributed by atoms with Gasteiger partial charge in [-0.25, -0.2) is 0 Å². The van der Waals surface area contributed by atoms with Gasteiger partial charge in [-0.05, 0) is 42.4 Å². The van der Waals surface area contributed by atoms with E-state index in [0.717, 1.165) is 24.4 Å². The highest BCUT2D eigenvalue weighted by Gasteiger charge is 2.56. The molecule has 0 aliphatic heterocycles. The number of fused-ring (bicyclic) bond motifs is 2. The lowest BCUT2D eigenvalue weighted by atomic mass is 9.45. The van der Waals surface area contributed by atoms with Gasteiger partial charge in [0.1, 0.15) is 0 Å². The van der Waals surface area contributed by atoms with Crippen LogP contribution < -0.4 is 0 Å². The summed E-state index contributed by atoms with van der Waals surface area (Å²) in [6.45, 7) is 10.7. The number of unbranched alkanes of at least 4 members (excludes halogenated alkanes) is 13. The Morgan fingerprint density at radius 1 is 0.704 bits per heavy atom. The zero-order chi connectivity index (χ0) is 19.5. The van der Waals surface area contributed by atoms with Crippen LogP contribution in [0.15, 0.2) is 0 Å². The first-order valence-electron chi connectivity index (χ1n) is 12.7. The van der Waals surface area contributed by atoms with Gasteiger partial charge in [0.15, 0.2) is 0 Å². The molecule has 3 aliphatic carbocycles. The lowest BCUT2D eigenvalue weighted by Gasteiger charge is -2.61. The lowest BCUT2D eigenvalue weighted by molar-refractivity contribution is -0.172. The summed E-state index contributed by atoms with van der Waals surface area (Å²) < 4.78 is 6.30. The second-order valence-electron chi connectivity index (χ2n) is 10.5. The molecule has 1 nitrogen and oxygen atoms in total. The Hall–Kier alpha value is -0.0400. The SMILES string of the molecule is CCCCCCCCCCCCCCCCO[C@@H]1C[C@@H]2C[C@H]([C@H]1C)C2(C)C. The molecule has 4 atom stereocenters. The first-order chi connectivity index (χ1) is 13.1. The third-order valence-electron chi connectivity index (χ3n) is 8.11. The molecule has 3 aliphatic rings. The predicted molar refractivity (Wildman–Crippen MR) is 119 cm³/mol. The summed E-state index contributed by atoms with van der Waals surface area (Å²) in [5.41, 5.74) is 0.592. The summed E-state index contributed by atoms with van der Waals surface area (Å²) in [7, 11) is 0. The number of hydrogen-bond donors (Lipinski definition) is 0. The summed E-state index contributed by atoms with van der Waals surface area (Å²) in [4.78, 5) is 0. The van der Waals surface area contributed by atoms with Crippen LogP contribution in [0.2, 0.25) is 0 Å². The summed E-state index contributed by atoms with van der Waals surface area (Å²) in [6, 6.07) is 0. The quantitative estimate of drug-likeness (QED) is 0.244. The van der Waals surface area contributed by atoms with E-state index >= 15 is 0 Å². The maximum Gasteiger partial charge on any atom is 0.0606 e. The van der Waals surface area contributed by atoms with Crippen LogP contribution in [0.4, 0.5) is 0 Å². The fraction of sp³-hybridized carbons (Fsp3) is 1.00. The largest absolute Gasteiger partial charge is 0.378 e. The van der Waals surface area contributed by atoms with Crippen molar-refractivity contribution in [1.82, 2.24) is 0 Å². The Morgan fingerprint density at radius 2 is 1.19 bits per heavy atom.